The molecule has 0 saturated heterocycles. The van der Waals surface area contributed by atoms with Gasteiger partial charge < -0.3 is 0 Å². The van der Waals surface area contributed by atoms with Crippen LogP contribution in [0, 0.1) is 0 Å². The highest BCUT2D eigenvalue weighted by molar-refractivity contribution is 7.98. The van der Waals surface area contributed by atoms with Crippen LogP contribution < -0.4 is 0 Å². The molecule has 1 aromatic heterocycles. The fourth-order valence-corrected chi connectivity index (χ4v) is 3.39. The molecule has 1 aromatic carbocycles. The molecule has 0 unspecified atom stereocenters. The van der Waals surface area contributed by atoms with E-state index in [0.29, 0.717) is 5.56 Å². The molecule has 5 heteroatoms. The summed E-state index contributed by atoms with van der Waals surface area (Å²) in [7, 11) is 0. The number of rotatable bonds is 6. The van der Waals surface area contributed by atoms with Gasteiger partial charge in [0, 0.05) is 22.8 Å². The Bertz CT molecular complexity index is 610. The first-order valence-corrected chi connectivity index (χ1v) is 7.98. The van der Waals surface area contributed by atoms with E-state index in [1.807, 2.05) is 22.9 Å². The van der Waals surface area contributed by atoms with E-state index in [4.69, 9.17) is 11.6 Å². The van der Waals surface area contributed by atoms with Crippen LogP contribution >= 0.6 is 23.4 Å². The third-order valence-corrected chi connectivity index (χ3v) is 4.51. The van der Waals surface area contributed by atoms with Crippen LogP contribution in [0.5, 0.6) is 0 Å². The summed E-state index contributed by atoms with van der Waals surface area (Å²) in [6.45, 7) is 4.92. The molecular formula is C15H17ClN2OS. The highest BCUT2D eigenvalue weighted by Gasteiger charge is 2.14. The highest BCUT2D eigenvalue weighted by Crippen LogP contribution is 2.29. The largest absolute Gasteiger partial charge is 0.298 e. The number of aldehydes is 1. The first-order valence-electron chi connectivity index (χ1n) is 6.61. The van der Waals surface area contributed by atoms with Crippen LogP contribution in [-0.2, 0) is 18.7 Å². The van der Waals surface area contributed by atoms with Gasteiger partial charge >= 0.3 is 0 Å². The Morgan fingerprint density at radius 3 is 2.85 bits per heavy atom. The molecule has 2 rings (SSSR count). The Labute approximate surface area is 128 Å². The van der Waals surface area contributed by atoms with Crippen LogP contribution in [0.25, 0.3) is 0 Å². The summed E-state index contributed by atoms with van der Waals surface area (Å²) in [5.74, 6) is 0.752. The molecule has 0 N–H and O–H groups in total. The first kappa shape index (κ1) is 15.1. The Hall–Kier alpha value is -1.26. The summed E-state index contributed by atoms with van der Waals surface area (Å²) in [5.41, 5.74) is 2.69. The quantitative estimate of drug-likeness (QED) is 0.592. The zero-order valence-corrected chi connectivity index (χ0v) is 13.2. The maximum absolute atomic E-state index is 10.8. The molecule has 0 radical (unpaired) electrons. The van der Waals surface area contributed by atoms with Crippen LogP contribution in [0.4, 0.5) is 0 Å². The third kappa shape index (κ3) is 3.25. The van der Waals surface area contributed by atoms with Crippen LogP contribution in [0.2, 0.25) is 5.02 Å². The summed E-state index contributed by atoms with van der Waals surface area (Å²) < 4.78 is 1.96. The Kier molecular flexibility index (Phi) is 5.26. The summed E-state index contributed by atoms with van der Waals surface area (Å²) in [6.07, 6.45) is 1.70. The fourth-order valence-electron chi connectivity index (χ4n) is 1.98. The molecule has 0 atom stereocenters. The maximum Gasteiger partial charge on any atom is 0.150 e. The first-order chi connectivity index (χ1) is 9.69. The topological polar surface area (TPSA) is 34.9 Å². The minimum Gasteiger partial charge on any atom is -0.298 e. The normalized spacial score (nSPS) is 10.8. The minimum absolute atomic E-state index is 0.694. The number of aryl methyl sites for hydroxylation is 2. The molecule has 0 amide bonds. The number of hydrogen-bond donors (Lipinski definition) is 0. The van der Waals surface area contributed by atoms with E-state index < -0.39 is 0 Å². The van der Waals surface area contributed by atoms with Gasteiger partial charge in [0.25, 0.3) is 0 Å². The molecule has 0 saturated carbocycles. The van der Waals surface area contributed by atoms with Crippen molar-refractivity contribution >= 4 is 29.6 Å². The second-order valence-corrected chi connectivity index (χ2v) is 5.78. The Balaban J connectivity index is 2.17. The summed E-state index contributed by atoms with van der Waals surface area (Å²) in [5, 5.41) is 5.28. The van der Waals surface area contributed by atoms with Gasteiger partial charge in [0.05, 0.1) is 16.4 Å². The number of benzene rings is 1. The molecule has 3 nitrogen and oxygen atoms in total. The van der Waals surface area contributed by atoms with Crippen LogP contribution in [0.15, 0.2) is 29.2 Å². The van der Waals surface area contributed by atoms with E-state index in [-0.39, 0.29) is 0 Å². The number of carbonyl (C=O) groups is 1. The van der Waals surface area contributed by atoms with Gasteiger partial charge in [-0.15, -0.1) is 11.8 Å². The lowest BCUT2D eigenvalue weighted by atomic mass is 10.2. The van der Waals surface area contributed by atoms with Gasteiger partial charge in [0.2, 0.25) is 0 Å². The average Bonchev–Trinajstić information content (AvgIpc) is 2.81. The van der Waals surface area contributed by atoms with E-state index >= 15 is 0 Å². The second-order valence-electron chi connectivity index (χ2n) is 4.36. The van der Waals surface area contributed by atoms with Crippen molar-refractivity contribution < 1.29 is 4.79 Å². The maximum atomic E-state index is 10.8. The third-order valence-electron chi connectivity index (χ3n) is 3.06. The van der Waals surface area contributed by atoms with Gasteiger partial charge in [-0.3, -0.25) is 9.48 Å². The van der Waals surface area contributed by atoms with E-state index in [1.54, 1.807) is 17.8 Å². The van der Waals surface area contributed by atoms with Gasteiger partial charge in [-0.05, 0) is 25.5 Å². The van der Waals surface area contributed by atoms with Crippen molar-refractivity contribution in [2.45, 2.75) is 37.5 Å². The van der Waals surface area contributed by atoms with Crippen molar-refractivity contribution in [3.05, 3.63) is 46.2 Å². The summed E-state index contributed by atoms with van der Waals surface area (Å²) in [4.78, 5) is 11.8. The zero-order chi connectivity index (χ0) is 14.5. The molecular weight excluding hydrogens is 292 g/mol. The van der Waals surface area contributed by atoms with Crippen LogP contribution in [0.3, 0.4) is 0 Å². The van der Waals surface area contributed by atoms with E-state index in [2.05, 4.69) is 18.9 Å². The highest BCUT2D eigenvalue weighted by atomic mass is 35.5. The zero-order valence-electron chi connectivity index (χ0n) is 11.6. The van der Waals surface area contributed by atoms with E-state index in [1.165, 1.54) is 0 Å². The minimum atomic E-state index is 0.694. The lowest BCUT2D eigenvalue weighted by molar-refractivity contribution is 0.112. The van der Waals surface area contributed by atoms with Crippen molar-refractivity contribution in [2.24, 2.45) is 0 Å². The molecule has 20 heavy (non-hydrogen) atoms. The van der Waals surface area contributed by atoms with E-state index in [0.717, 1.165) is 46.3 Å². The predicted molar refractivity (Wildman–Crippen MR) is 83.7 cm³/mol. The summed E-state index contributed by atoms with van der Waals surface area (Å²) in [6, 6.07) is 7.58. The molecule has 0 aliphatic heterocycles. The van der Waals surface area contributed by atoms with Gasteiger partial charge in [0.15, 0.2) is 0 Å². The second kappa shape index (κ2) is 6.95. The fraction of sp³-hybridized carbons (Fsp3) is 0.333. The number of hydrogen-bond acceptors (Lipinski definition) is 3. The Morgan fingerprint density at radius 2 is 2.20 bits per heavy atom. The van der Waals surface area contributed by atoms with Gasteiger partial charge in [-0.2, -0.15) is 5.10 Å². The molecule has 0 aliphatic carbocycles. The smallest absolute Gasteiger partial charge is 0.150 e. The lowest BCUT2D eigenvalue weighted by Crippen LogP contribution is -2.01. The number of carbonyl (C=O) groups excluding carboxylic acids is 1. The van der Waals surface area contributed by atoms with Crippen molar-refractivity contribution in [2.75, 3.05) is 0 Å². The van der Waals surface area contributed by atoms with Crippen LogP contribution in [0.1, 0.15) is 35.6 Å². The molecule has 0 bridgehead atoms. The number of nitrogens with zero attached hydrogens (tertiary/aromatic N) is 2. The molecule has 0 aliphatic rings. The average molecular weight is 309 g/mol. The number of aromatic nitrogens is 2. The molecule has 106 valence electrons. The molecule has 2 aromatic rings. The molecule has 1 heterocycles. The lowest BCUT2D eigenvalue weighted by Gasteiger charge is -2.05. The predicted octanol–water partition coefficient (Wildman–Crippen LogP) is 4.22. The number of thioether (sulfide) groups is 1. The molecule has 0 fully saturated rings. The van der Waals surface area contributed by atoms with Crippen LogP contribution in [-0.4, -0.2) is 16.1 Å². The van der Waals surface area contributed by atoms with Crippen molar-refractivity contribution in [3.63, 3.8) is 0 Å². The van der Waals surface area contributed by atoms with Crippen molar-refractivity contribution in [1.29, 1.82) is 0 Å². The van der Waals surface area contributed by atoms with Gasteiger partial charge in [-0.1, -0.05) is 30.7 Å². The summed E-state index contributed by atoms with van der Waals surface area (Å²) >= 11 is 8.05. The van der Waals surface area contributed by atoms with E-state index in [9.17, 15) is 4.79 Å². The Morgan fingerprint density at radius 1 is 1.40 bits per heavy atom. The standard InChI is InChI=1S/C15H17ClN2OS/c1-3-13-15(16)14(18(4-2)17-13)10-20-12-7-5-6-11(8-12)9-19/h5-9H,3-4,10H2,1-2H3. The monoisotopic (exact) mass is 308 g/mol. The molecule has 0 spiro atoms. The van der Waals surface area contributed by atoms with Gasteiger partial charge in [-0.25, -0.2) is 0 Å². The SMILES string of the molecule is CCc1nn(CC)c(CSc2cccc(C=O)c2)c1Cl. The number of halogens is 1. The van der Waals surface area contributed by atoms with Crippen molar-refractivity contribution in [3.8, 4) is 0 Å². The van der Waals surface area contributed by atoms with Crippen molar-refractivity contribution in [1.82, 2.24) is 9.78 Å². The van der Waals surface area contributed by atoms with Gasteiger partial charge in [0.1, 0.15) is 6.29 Å².